The molecule has 1 fully saturated rings. The van der Waals surface area contributed by atoms with Gasteiger partial charge in [-0.25, -0.2) is 0 Å². The quantitative estimate of drug-likeness (QED) is 0.779. The van der Waals surface area contributed by atoms with Gasteiger partial charge in [0.2, 0.25) is 0 Å². The van der Waals surface area contributed by atoms with Crippen molar-refractivity contribution < 1.29 is 0 Å². The summed E-state index contributed by atoms with van der Waals surface area (Å²) in [5.74, 6) is 0. The Morgan fingerprint density at radius 2 is 2.07 bits per heavy atom. The number of hydrogen-bond acceptors (Lipinski definition) is 3. The average molecular weight is 222 g/mol. The fraction of sp³-hybridized carbons (Fsp3) is 0.500. The molecule has 2 N–H and O–H groups in total. The molecule has 0 aromatic heterocycles. The molecule has 0 unspecified atom stereocenters. The Labute approximate surface area is 95.8 Å². The first-order valence-electron chi connectivity index (χ1n) is 5.44. The van der Waals surface area contributed by atoms with Gasteiger partial charge in [-0.15, -0.1) is 11.8 Å². The lowest BCUT2D eigenvalue weighted by atomic mass is 10.1. The summed E-state index contributed by atoms with van der Waals surface area (Å²) in [6.07, 6.45) is 4.35. The molecular weight excluding hydrogens is 204 g/mol. The molecule has 1 aromatic carbocycles. The Hall–Kier alpha value is -0.670. The zero-order valence-corrected chi connectivity index (χ0v) is 9.96. The number of hydrogen-bond donors (Lipinski definition) is 1. The van der Waals surface area contributed by atoms with Crippen LogP contribution in [0.4, 0.5) is 5.69 Å². The van der Waals surface area contributed by atoms with E-state index in [0.29, 0.717) is 6.04 Å². The Bertz CT molecular complexity index is 319. The van der Waals surface area contributed by atoms with Crippen molar-refractivity contribution >= 4 is 17.4 Å². The molecule has 3 heteroatoms. The van der Waals surface area contributed by atoms with E-state index in [1.165, 1.54) is 10.6 Å². The predicted molar refractivity (Wildman–Crippen MR) is 67.6 cm³/mol. The highest BCUT2D eigenvalue weighted by Crippen LogP contribution is 2.24. The van der Waals surface area contributed by atoms with Gasteiger partial charge in [0.1, 0.15) is 0 Å². The van der Waals surface area contributed by atoms with E-state index in [4.69, 9.17) is 5.73 Å². The number of thioether (sulfide) groups is 1. The molecule has 0 radical (unpaired) electrons. The van der Waals surface area contributed by atoms with Gasteiger partial charge in [0.15, 0.2) is 0 Å². The van der Waals surface area contributed by atoms with Crippen molar-refractivity contribution in [3.63, 3.8) is 0 Å². The molecule has 1 aliphatic rings. The van der Waals surface area contributed by atoms with E-state index < -0.39 is 0 Å². The fourth-order valence-electron chi connectivity index (χ4n) is 1.96. The molecule has 0 saturated carbocycles. The molecule has 0 spiro atoms. The van der Waals surface area contributed by atoms with Gasteiger partial charge in [-0.05, 0) is 37.3 Å². The van der Waals surface area contributed by atoms with E-state index in [0.717, 1.165) is 25.9 Å². The first-order chi connectivity index (χ1) is 7.29. The Balaban J connectivity index is 2.08. The van der Waals surface area contributed by atoms with E-state index in [1.54, 1.807) is 11.8 Å². The lowest BCUT2D eigenvalue weighted by Gasteiger charge is -2.32. The topological polar surface area (TPSA) is 29.3 Å². The minimum Gasteiger partial charge on any atom is -0.371 e. The van der Waals surface area contributed by atoms with Gasteiger partial charge in [-0.2, -0.15) is 0 Å². The minimum atomic E-state index is 0.407. The van der Waals surface area contributed by atoms with Gasteiger partial charge in [0.05, 0.1) is 0 Å². The summed E-state index contributed by atoms with van der Waals surface area (Å²) < 4.78 is 0. The van der Waals surface area contributed by atoms with Crippen molar-refractivity contribution in [2.45, 2.75) is 23.8 Å². The number of nitrogens with zero attached hydrogens (tertiary/aromatic N) is 1. The monoisotopic (exact) mass is 222 g/mol. The molecule has 0 bridgehead atoms. The lowest BCUT2D eigenvalue weighted by molar-refractivity contribution is 0.501. The van der Waals surface area contributed by atoms with Crippen LogP contribution in [0.2, 0.25) is 0 Å². The first kappa shape index (κ1) is 10.8. The summed E-state index contributed by atoms with van der Waals surface area (Å²) in [5, 5.41) is 0. The Kier molecular flexibility index (Phi) is 3.54. The lowest BCUT2D eigenvalue weighted by Crippen LogP contribution is -2.39. The van der Waals surface area contributed by atoms with Crippen molar-refractivity contribution in [1.82, 2.24) is 0 Å². The van der Waals surface area contributed by atoms with Crippen LogP contribution >= 0.6 is 11.8 Å². The van der Waals surface area contributed by atoms with Gasteiger partial charge in [0.25, 0.3) is 0 Å². The molecule has 1 aliphatic heterocycles. The molecule has 2 rings (SSSR count). The van der Waals surface area contributed by atoms with E-state index >= 15 is 0 Å². The highest BCUT2D eigenvalue weighted by atomic mass is 32.2. The number of anilines is 1. The number of nitrogens with two attached hydrogens (primary N) is 1. The van der Waals surface area contributed by atoms with Crippen LogP contribution in [0.5, 0.6) is 0 Å². The second kappa shape index (κ2) is 4.90. The zero-order chi connectivity index (χ0) is 10.7. The van der Waals surface area contributed by atoms with Crippen molar-refractivity contribution in [3.8, 4) is 0 Å². The largest absolute Gasteiger partial charge is 0.371 e. The SMILES string of the molecule is CSc1cccc(N2CCC(N)CC2)c1. The second-order valence-electron chi connectivity index (χ2n) is 4.03. The van der Waals surface area contributed by atoms with Crippen molar-refractivity contribution in [1.29, 1.82) is 0 Å². The van der Waals surface area contributed by atoms with Crippen LogP contribution in [0.25, 0.3) is 0 Å². The summed E-state index contributed by atoms with van der Waals surface area (Å²) in [5.41, 5.74) is 7.24. The van der Waals surface area contributed by atoms with Gasteiger partial charge in [-0.1, -0.05) is 6.07 Å². The van der Waals surface area contributed by atoms with Crippen LogP contribution in [0.1, 0.15) is 12.8 Å². The molecule has 15 heavy (non-hydrogen) atoms. The average Bonchev–Trinajstić information content (AvgIpc) is 2.30. The van der Waals surface area contributed by atoms with Crippen LogP contribution in [0.15, 0.2) is 29.2 Å². The zero-order valence-electron chi connectivity index (χ0n) is 9.15. The van der Waals surface area contributed by atoms with Gasteiger partial charge >= 0.3 is 0 Å². The van der Waals surface area contributed by atoms with E-state index in [2.05, 4.69) is 35.4 Å². The predicted octanol–water partition coefficient (Wildman–Crippen LogP) is 2.34. The molecule has 1 saturated heterocycles. The summed E-state index contributed by atoms with van der Waals surface area (Å²) in [7, 11) is 0. The molecule has 1 aromatic rings. The van der Waals surface area contributed by atoms with Crippen molar-refractivity contribution in [2.24, 2.45) is 5.73 Å². The van der Waals surface area contributed by atoms with E-state index in [9.17, 15) is 0 Å². The molecular formula is C12H18N2S. The molecule has 82 valence electrons. The third-order valence-corrected chi connectivity index (χ3v) is 3.68. The molecule has 0 atom stereocenters. The number of rotatable bonds is 2. The summed E-state index contributed by atoms with van der Waals surface area (Å²) in [4.78, 5) is 3.77. The second-order valence-corrected chi connectivity index (χ2v) is 4.91. The van der Waals surface area contributed by atoms with Crippen LogP contribution in [-0.2, 0) is 0 Å². The van der Waals surface area contributed by atoms with E-state index in [1.807, 2.05) is 0 Å². The van der Waals surface area contributed by atoms with Crippen molar-refractivity contribution in [3.05, 3.63) is 24.3 Å². The van der Waals surface area contributed by atoms with Crippen molar-refractivity contribution in [2.75, 3.05) is 24.2 Å². The smallest absolute Gasteiger partial charge is 0.0377 e. The van der Waals surface area contributed by atoms with Crippen LogP contribution in [-0.4, -0.2) is 25.4 Å². The summed E-state index contributed by atoms with van der Waals surface area (Å²) in [6.45, 7) is 2.19. The van der Waals surface area contributed by atoms with Gasteiger partial charge in [-0.3, -0.25) is 0 Å². The van der Waals surface area contributed by atoms with Crippen LogP contribution in [0.3, 0.4) is 0 Å². The first-order valence-corrected chi connectivity index (χ1v) is 6.66. The Morgan fingerprint density at radius 1 is 1.33 bits per heavy atom. The molecule has 0 amide bonds. The molecule has 1 heterocycles. The summed E-state index contributed by atoms with van der Waals surface area (Å²) in [6, 6.07) is 9.16. The normalized spacial score (nSPS) is 18.1. The standard InChI is InChI=1S/C12H18N2S/c1-15-12-4-2-3-11(9-12)14-7-5-10(13)6-8-14/h2-4,9-10H,5-8,13H2,1H3. The van der Waals surface area contributed by atoms with E-state index in [-0.39, 0.29) is 0 Å². The number of benzene rings is 1. The highest BCUT2D eigenvalue weighted by Gasteiger charge is 2.16. The van der Waals surface area contributed by atoms with Crippen LogP contribution in [0, 0.1) is 0 Å². The van der Waals surface area contributed by atoms with Gasteiger partial charge < -0.3 is 10.6 Å². The third-order valence-electron chi connectivity index (χ3n) is 2.96. The maximum Gasteiger partial charge on any atom is 0.0377 e. The maximum atomic E-state index is 5.90. The molecule has 0 aliphatic carbocycles. The summed E-state index contributed by atoms with van der Waals surface area (Å²) >= 11 is 1.80. The van der Waals surface area contributed by atoms with Gasteiger partial charge in [0, 0.05) is 29.7 Å². The Morgan fingerprint density at radius 3 is 2.73 bits per heavy atom. The maximum absolute atomic E-state index is 5.90. The van der Waals surface area contributed by atoms with Crippen LogP contribution < -0.4 is 10.6 Å². The minimum absolute atomic E-state index is 0.407. The third kappa shape index (κ3) is 2.67. The number of piperidine rings is 1. The highest BCUT2D eigenvalue weighted by molar-refractivity contribution is 7.98. The fourth-order valence-corrected chi connectivity index (χ4v) is 2.42. The molecule has 2 nitrogen and oxygen atoms in total.